The van der Waals surface area contributed by atoms with Crippen LogP contribution in [0.15, 0.2) is 18.2 Å². The first-order valence-electron chi connectivity index (χ1n) is 5.64. The van der Waals surface area contributed by atoms with Gasteiger partial charge in [0.05, 0.1) is 5.69 Å². The molecule has 0 saturated heterocycles. The van der Waals surface area contributed by atoms with Gasteiger partial charge in [-0.15, -0.1) is 0 Å². The van der Waals surface area contributed by atoms with Crippen LogP contribution in [0.3, 0.4) is 0 Å². The van der Waals surface area contributed by atoms with E-state index in [4.69, 9.17) is 5.73 Å². The Morgan fingerprint density at radius 2 is 2.18 bits per heavy atom. The summed E-state index contributed by atoms with van der Waals surface area (Å²) in [6.45, 7) is 1.42. The number of nitrogens with two attached hydrogens (primary N) is 1. The van der Waals surface area contributed by atoms with Crippen molar-refractivity contribution in [3.05, 3.63) is 24.0 Å². The lowest BCUT2D eigenvalue weighted by Gasteiger charge is -2.34. The fourth-order valence-electron chi connectivity index (χ4n) is 1.92. The monoisotopic (exact) mass is 237 g/mol. The molecule has 0 aromatic heterocycles. The van der Waals surface area contributed by atoms with Crippen LogP contribution in [0.5, 0.6) is 0 Å². The van der Waals surface area contributed by atoms with Crippen molar-refractivity contribution in [2.45, 2.75) is 31.8 Å². The minimum atomic E-state index is -0.320. The molecule has 0 aliphatic heterocycles. The maximum Gasteiger partial charge on any atom is 0.221 e. The number of nitrogens with one attached hydrogen (secondary N) is 2. The highest BCUT2D eigenvalue weighted by atomic mass is 19.1. The molecule has 0 unspecified atom stereocenters. The number of benzene rings is 1. The summed E-state index contributed by atoms with van der Waals surface area (Å²) in [7, 11) is 0. The summed E-state index contributed by atoms with van der Waals surface area (Å²) in [6, 6.07) is 4.92. The first-order valence-corrected chi connectivity index (χ1v) is 5.64. The molecule has 1 amide bonds. The molecular formula is C12H16FN3O. The Bertz CT molecular complexity index is 430. The van der Waals surface area contributed by atoms with Gasteiger partial charge in [0.15, 0.2) is 0 Å². The molecule has 0 atom stereocenters. The van der Waals surface area contributed by atoms with Gasteiger partial charge in [-0.05, 0) is 31.0 Å². The average Bonchev–Trinajstić information content (AvgIpc) is 2.20. The SMILES string of the molecule is CC(=O)Nc1ccc(F)c(NC2CC(N)C2)c1. The Morgan fingerprint density at radius 1 is 1.47 bits per heavy atom. The lowest BCUT2D eigenvalue weighted by atomic mass is 9.87. The number of carbonyl (C=O) groups excluding carboxylic acids is 1. The number of hydrogen-bond donors (Lipinski definition) is 3. The number of hydrogen-bond acceptors (Lipinski definition) is 3. The van der Waals surface area contributed by atoms with Crippen molar-refractivity contribution >= 4 is 17.3 Å². The molecule has 1 aliphatic rings. The van der Waals surface area contributed by atoms with Gasteiger partial charge in [0.1, 0.15) is 5.82 Å². The summed E-state index contributed by atoms with van der Waals surface area (Å²) in [5.74, 6) is -0.493. The molecule has 1 aliphatic carbocycles. The lowest BCUT2D eigenvalue weighted by Crippen LogP contribution is -2.44. The molecule has 17 heavy (non-hydrogen) atoms. The summed E-state index contributed by atoms with van der Waals surface area (Å²) in [5, 5.41) is 5.70. The van der Waals surface area contributed by atoms with E-state index in [0.717, 1.165) is 12.8 Å². The van der Waals surface area contributed by atoms with Gasteiger partial charge < -0.3 is 16.4 Å². The molecule has 0 radical (unpaired) electrons. The number of anilines is 2. The third kappa shape index (κ3) is 2.94. The zero-order valence-corrected chi connectivity index (χ0v) is 9.66. The Balaban J connectivity index is 2.06. The first-order chi connectivity index (χ1) is 8.04. The fraction of sp³-hybridized carbons (Fsp3) is 0.417. The van der Waals surface area contributed by atoms with Crippen LogP contribution in [0.25, 0.3) is 0 Å². The van der Waals surface area contributed by atoms with E-state index in [9.17, 15) is 9.18 Å². The van der Waals surface area contributed by atoms with E-state index in [2.05, 4.69) is 10.6 Å². The van der Waals surface area contributed by atoms with E-state index in [1.807, 2.05) is 0 Å². The number of halogens is 1. The van der Waals surface area contributed by atoms with Crippen molar-refractivity contribution in [1.82, 2.24) is 0 Å². The normalized spacial score (nSPS) is 22.8. The molecule has 0 bridgehead atoms. The highest BCUT2D eigenvalue weighted by Gasteiger charge is 2.26. The quantitative estimate of drug-likeness (QED) is 0.749. The van der Waals surface area contributed by atoms with Crippen molar-refractivity contribution in [3.8, 4) is 0 Å². The molecule has 4 nitrogen and oxygen atoms in total. The van der Waals surface area contributed by atoms with E-state index >= 15 is 0 Å². The second-order valence-corrected chi connectivity index (χ2v) is 4.45. The molecule has 1 fully saturated rings. The predicted molar refractivity (Wildman–Crippen MR) is 65.3 cm³/mol. The van der Waals surface area contributed by atoms with Gasteiger partial charge >= 0.3 is 0 Å². The van der Waals surface area contributed by atoms with Crippen molar-refractivity contribution in [2.75, 3.05) is 10.6 Å². The minimum Gasteiger partial charge on any atom is -0.380 e. The van der Waals surface area contributed by atoms with Crippen molar-refractivity contribution in [1.29, 1.82) is 0 Å². The minimum absolute atomic E-state index is 0.173. The van der Waals surface area contributed by atoms with Crippen LogP contribution >= 0.6 is 0 Å². The van der Waals surface area contributed by atoms with E-state index in [0.29, 0.717) is 11.4 Å². The van der Waals surface area contributed by atoms with Gasteiger partial charge in [-0.25, -0.2) is 4.39 Å². The lowest BCUT2D eigenvalue weighted by molar-refractivity contribution is -0.114. The average molecular weight is 237 g/mol. The molecule has 2 rings (SSSR count). The van der Waals surface area contributed by atoms with E-state index in [1.54, 1.807) is 6.07 Å². The van der Waals surface area contributed by atoms with E-state index in [-0.39, 0.29) is 23.8 Å². The van der Waals surface area contributed by atoms with Gasteiger partial charge in [-0.2, -0.15) is 0 Å². The second kappa shape index (κ2) is 4.71. The summed E-state index contributed by atoms with van der Waals surface area (Å²) in [6.07, 6.45) is 1.70. The van der Waals surface area contributed by atoms with Gasteiger partial charge in [0, 0.05) is 24.7 Å². The predicted octanol–water partition coefficient (Wildman–Crippen LogP) is 1.69. The van der Waals surface area contributed by atoms with Crippen LogP contribution in [-0.4, -0.2) is 18.0 Å². The molecule has 0 spiro atoms. The summed E-state index contributed by atoms with van der Waals surface area (Å²) in [5.41, 5.74) is 6.66. The smallest absolute Gasteiger partial charge is 0.221 e. The zero-order valence-electron chi connectivity index (χ0n) is 9.66. The summed E-state index contributed by atoms with van der Waals surface area (Å²) < 4.78 is 13.5. The maximum absolute atomic E-state index is 13.5. The second-order valence-electron chi connectivity index (χ2n) is 4.45. The van der Waals surface area contributed by atoms with Crippen molar-refractivity contribution in [2.24, 2.45) is 5.73 Å². The molecule has 1 aromatic rings. The molecule has 4 N–H and O–H groups in total. The molecule has 0 heterocycles. The topological polar surface area (TPSA) is 67.2 Å². The van der Waals surface area contributed by atoms with Gasteiger partial charge in [0.2, 0.25) is 5.91 Å². The summed E-state index contributed by atoms with van der Waals surface area (Å²) in [4.78, 5) is 10.9. The van der Waals surface area contributed by atoms with Crippen LogP contribution in [0.1, 0.15) is 19.8 Å². The first kappa shape index (κ1) is 11.9. The number of amides is 1. The van der Waals surface area contributed by atoms with Crippen molar-refractivity contribution < 1.29 is 9.18 Å². The Labute approximate surface area is 99.4 Å². The fourth-order valence-corrected chi connectivity index (χ4v) is 1.92. The van der Waals surface area contributed by atoms with Gasteiger partial charge in [0.25, 0.3) is 0 Å². The standard InChI is InChI=1S/C12H16FN3O/c1-7(17)15-9-2-3-11(13)12(6-9)16-10-4-8(14)5-10/h2-3,6,8,10,16H,4-5,14H2,1H3,(H,15,17). The van der Waals surface area contributed by atoms with Gasteiger partial charge in [-0.1, -0.05) is 0 Å². The van der Waals surface area contributed by atoms with Crippen LogP contribution in [-0.2, 0) is 4.79 Å². The Kier molecular flexibility index (Phi) is 3.28. The highest BCUT2D eigenvalue weighted by Crippen LogP contribution is 2.26. The summed E-state index contributed by atoms with van der Waals surface area (Å²) >= 11 is 0. The Hall–Kier alpha value is -1.62. The molecule has 1 saturated carbocycles. The zero-order chi connectivity index (χ0) is 12.4. The highest BCUT2D eigenvalue weighted by molar-refractivity contribution is 5.89. The van der Waals surface area contributed by atoms with Crippen molar-refractivity contribution in [3.63, 3.8) is 0 Å². The number of rotatable bonds is 3. The third-order valence-corrected chi connectivity index (χ3v) is 2.82. The van der Waals surface area contributed by atoms with E-state index < -0.39 is 0 Å². The van der Waals surface area contributed by atoms with Gasteiger partial charge in [-0.3, -0.25) is 4.79 Å². The maximum atomic E-state index is 13.5. The Morgan fingerprint density at radius 3 is 2.76 bits per heavy atom. The largest absolute Gasteiger partial charge is 0.380 e. The van der Waals surface area contributed by atoms with Crippen LogP contribution < -0.4 is 16.4 Å². The number of carbonyl (C=O) groups is 1. The van der Waals surface area contributed by atoms with Crippen LogP contribution in [0.2, 0.25) is 0 Å². The molecular weight excluding hydrogens is 221 g/mol. The van der Waals surface area contributed by atoms with Crippen LogP contribution in [0.4, 0.5) is 15.8 Å². The molecule has 92 valence electrons. The third-order valence-electron chi connectivity index (χ3n) is 2.82. The van der Waals surface area contributed by atoms with Crippen LogP contribution in [0, 0.1) is 5.82 Å². The van der Waals surface area contributed by atoms with E-state index in [1.165, 1.54) is 19.1 Å². The molecule has 1 aromatic carbocycles. The molecule has 5 heteroatoms.